The standard InChI is InChI=1S/C24H20F4N4O2/c25-17-4-1-3-16(22-29-9-2-10-30-22)21(17)23(33)32-13-14-5-7-18(32)19(11-14)34-20-8-6-15(12-31-20)24(26,27)28/h1-4,6,8-10,12,14,18-19H,5,7,11,13H2/t14-,18-,19+/m0/s1. The van der Waals surface area contributed by atoms with Crippen molar-refractivity contribution in [1.29, 1.82) is 0 Å². The summed E-state index contributed by atoms with van der Waals surface area (Å²) in [5.41, 5.74) is -0.668. The van der Waals surface area contributed by atoms with Gasteiger partial charge in [0, 0.05) is 36.8 Å². The van der Waals surface area contributed by atoms with Crippen LogP contribution in [0.15, 0.2) is 55.0 Å². The van der Waals surface area contributed by atoms with Crippen LogP contribution in [0, 0.1) is 11.7 Å². The lowest BCUT2D eigenvalue weighted by Crippen LogP contribution is -2.59. The lowest BCUT2D eigenvalue weighted by Gasteiger charge is -2.49. The number of benzene rings is 1. The number of hydrogen-bond donors (Lipinski definition) is 0. The molecule has 3 aliphatic rings. The van der Waals surface area contributed by atoms with Crippen LogP contribution in [0.5, 0.6) is 5.88 Å². The van der Waals surface area contributed by atoms with E-state index >= 15 is 0 Å². The van der Waals surface area contributed by atoms with Gasteiger partial charge in [-0.05, 0) is 43.4 Å². The molecule has 2 aromatic heterocycles. The number of pyridine rings is 1. The molecule has 1 saturated carbocycles. The summed E-state index contributed by atoms with van der Waals surface area (Å²) in [5.74, 6) is -0.713. The SMILES string of the molecule is O=C(c1c(F)cccc1-c1ncccn1)N1C[C@H]2CC[C@H]1[C@H](Oc1ccc(C(F)(F)F)cn1)C2. The average molecular weight is 472 g/mol. The van der Waals surface area contributed by atoms with Crippen molar-refractivity contribution in [3.63, 3.8) is 0 Å². The van der Waals surface area contributed by atoms with Crippen molar-refractivity contribution in [2.45, 2.75) is 37.6 Å². The number of halogens is 4. The van der Waals surface area contributed by atoms with Crippen LogP contribution in [-0.2, 0) is 6.18 Å². The third-order valence-electron chi connectivity index (χ3n) is 6.35. The molecule has 0 radical (unpaired) electrons. The molecule has 1 aliphatic carbocycles. The fourth-order valence-electron chi connectivity index (χ4n) is 4.77. The maximum Gasteiger partial charge on any atom is 0.417 e. The van der Waals surface area contributed by atoms with Crippen LogP contribution in [0.25, 0.3) is 11.4 Å². The third-order valence-corrected chi connectivity index (χ3v) is 6.35. The molecule has 2 saturated heterocycles. The highest BCUT2D eigenvalue weighted by Crippen LogP contribution is 2.39. The number of rotatable bonds is 4. The van der Waals surface area contributed by atoms with E-state index in [0.717, 1.165) is 18.7 Å². The Morgan fingerprint density at radius 1 is 1.03 bits per heavy atom. The first-order chi connectivity index (χ1) is 16.3. The molecule has 6 nitrogen and oxygen atoms in total. The number of carbonyl (C=O) groups excluding carboxylic acids is 1. The Kier molecular flexibility index (Phi) is 5.66. The Bertz CT molecular complexity index is 1190. The Morgan fingerprint density at radius 3 is 2.50 bits per heavy atom. The molecular weight excluding hydrogens is 452 g/mol. The van der Waals surface area contributed by atoms with Gasteiger partial charge >= 0.3 is 6.18 Å². The van der Waals surface area contributed by atoms with Crippen LogP contribution in [-0.4, -0.2) is 44.4 Å². The number of piperidine rings is 2. The van der Waals surface area contributed by atoms with Gasteiger partial charge in [-0.3, -0.25) is 4.79 Å². The molecule has 176 valence electrons. The summed E-state index contributed by atoms with van der Waals surface area (Å²) in [7, 11) is 0. The van der Waals surface area contributed by atoms with E-state index in [1.54, 1.807) is 17.0 Å². The van der Waals surface area contributed by atoms with Crippen molar-refractivity contribution in [1.82, 2.24) is 19.9 Å². The second kappa shape index (κ2) is 8.66. The molecule has 10 heteroatoms. The summed E-state index contributed by atoms with van der Waals surface area (Å²) < 4.78 is 59.3. The highest BCUT2D eigenvalue weighted by atomic mass is 19.4. The summed E-state index contributed by atoms with van der Waals surface area (Å²) in [6.45, 7) is 0.452. The van der Waals surface area contributed by atoms with Gasteiger partial charge in [-0.2, -0.15) is 13.2 Å². The Morgan fingerprint density at radius 2 is 1.82 bits per heavy atom. The van der Waals surface area contributed by atoms with Crippen molar-refractivity contribution >= 4 is 5.91 Å². The maximum atomic E-state index is 14.9. The minimum atomic E-state index is -4.49. The minimum absolute atomic E-state index is 0.0576. The van der Waals surface area contributed by atoms with Crippen molar-refractivity contribution in [2.24, 2.45) is 5.92 Å². The Balaban J connectivity index is 1.41. The van der Waals surface area contributed by atoms with Crippen LogP contribution < -0.4 is 4.74 Å². The first-order valence-corrected chi connectivity index (χ1v) is 10.9. The molecular formula is C24H20F4N4O2. The number of alkyl halides is 3. The lowest BCUT2D eigenvalue weighted by atomic mass is 9.77. The molecule has 2 aliphatic heterocycles. The largest absolute Gasteiger partial charge is 0.472 e. The molecule has 0 unspecified atom stereocenters. The topological polar surface area (TPSA) is 68.2 Å². The minimum Gasteiger partial charge on any atom is -0.472 e. The number of carbonyl (C=O) groups is 1. The Labute approximate surface area is 192 Å². The van der Waals surface area contributed by atoms with E-state index in [4.69, 9.17) is 4.74 Å². The number of nitrogens with zero attached hydrogens (tertiary/aromatic N) is 4. The third kappa shape index (κ3) is 4.20. The number of hydrogen-bond acceptors (Lipinski definition) is 5. The summed E-state index contributed by atoms with van der Waals surface area (Å²) >= 11 is 0. The van der Waals surface area contributed by atoms with E-state index in [1.165, 1.54) is 30.6 Å². The predicted octanol–water partition coefficient (Wildman–Crippen LogP) is 4.77. The van der Waals surface area contributed by atoms with Gasteiger partial charge in [0.1, 0.15) is 11.9 Å². The molecule has 0 spiro atoms. The van der Waals surface area contributed by atoms with Crippen molar-refractivity contribution in [2.75, 3.05) is 6.54 Å². The van der Waals surface area contributed by atoms with Crippen LogP contribution in [0.3, 0.4) is 0 Å². The Hall–Kier alpha value is -3.56. The number of amides is 1. The van der Waals surface area contributed by atoms with E-state index in [-0.39, 0.29) is 29.2 Å². The van der Waals surface area contributed by atoms with Crippen molar-refractivity contribution in [3.8, 4) is 17.3 Å². The highest BCUT2D eigenvalue weighted by molar-refractivity contribution is 6.00. The number of ether oxygens (including phenoxy) is 1. The van der Waals surface area contributed by atoms with Gasteiger partial charge in [0.15, 0.2) is 5.82 Å². The predicted molar refractivity (Wildman–Crippen MR) is 113 cm³/mol. The molecule has 4 heterocycles. The van der Waals surface area contributed by atoms with E-state index in [9.17, 15) is 22.4 Å². The summed E-state index contributed by atoms with van der Waals surface area (Å²) in [6, 6.07) is 7.70. The first kappa shape index (κ1) is 22.2. The molecule has 3 fully saturated rings. The molecule has 2 bridgehead atoms. The van der Waals surface area contributed by atoms with Crippen LogP contribution in [0.2, 0.25) is 0 Å². The van der Waals surface area contributed by atoms with E-state index < -0.39 is 29.6 Å². The van der Waals surface area contributed by atoms with Crippen LogP contribution in [0.1, 0.15) is 35.2 Å². The maximum absolute atomic E-state index is 14.9. The van der Waals surface area contributed by atoms with Gasteiger partial charge in [0.2, 0.25) is 5.88 Å². The van der Waals surface area contributed by atoms with E-state index in [2.05, 4.69) is 15.0 Å². The normalized spacial score (nSPS) is 22.0. The van der Waals surface area contributed by atoms with E-state index in [1.807, 2.05) is 0 Å². The van der Waals surface area contributed by atoms with Gasteiger partial charge in [0.05, 0.1) is 17.2 Å². The quantitative estimate of drug-likeness (QED) is 0.512. The van der Waals surface area contributed by atoms with Crippen molar-refractivity contribution < 1.29 is 27.1 Å². The monoisotopic (exact) mass is 472 g/mol. The average Bonchev–Trinajstić information content (AvgIpc) is 2.84. The van der Waals surface area contributed by atoms with Crippen LogP contribution >= 0.6 is 0 Å². The zero-order valence-corrected chi connectivity index (χ0v) is 17.9. The molecule has 3 atom stereocenters. The van der Waals surface area contributed by atoms with Gasteiger partial charge in [0.25, 0.3) is 5.91 Å². The number of aromatic nitrogens is 3. The summed E-state index contributed by atoms with van der Waals surface area (Å²) in [4.78, 5) is 27.3. The highest BCUT2D eigenvalue weighted by Gasteiger charge is 2.45. The zero-order valence-electron chi connectivity index (χ0n) is 17.9. The fourth-order valence-corrected chi connectivity index (χ4v) is 4.77. The molecule has 34 heavy (non-hydrogen) atoms. The molecule has 1 amide bonds. The molecule has 6 rings (SSSR count). The van der Waals surface area contributed by atoms with E-state index in [0.29, 0.717) is 24.9 Å². The first-order valence-electron chi connectivity index (χ1n) is 10.9. The molecule has 0 N–H and O–H groups in total. The molecule has 1 aromatic carbocycles. The van der Waals surface area contributed by atoms with Gasteiger partial charge in [-0.25, -0.2) is 19.3 Å². The second-order valence-electron chi connectivity index (χ2n) is 8.48. The molecule has 3 aromatic rings. The smallest absolute Gasteiger partial charge is 0.417 e. The number of fused-ring (bicyclic) bond motifs is 3. The van der Waals surface area contributed by atoms with Crippen molar-refractivity contribution in [3.05, 3.63) is 71.9 Å². The van der Waals surface area contributed by atoms with Gasteiger partial charge in [-0.15, -0.1) is 0 Å². The zero-order chi connectivity index (χ0) is 23.9. The summed E-state index contributed by atoms with van der Waals surface area (Å²) in [5, 5.41) is 0. The van der Waals surface area contributed by atoms with Gasteiger partial charge in [-0.1, -0.05) is 12.1 Å². The van der Waals surface area contributed by atoms with Crippen LogP contribution in [0.4, 0.5) is 17.6 Å². The summed E-state index contributed by atoms with van der Waals surface area (Å²) in [6.07, 6.45) is 1.00. The lowest BCUT2D eigenvalue weighted by molar-refractivity contribution is -0.137. The van der Waals surface area contributed by atoms with Gasteiger partial charge < -0.3 is 9.64 Å². The fraction of sp³-hybridized carbons (Fsp3) is 0.333. The second-order valence-corrected chi connectivity index (χ2v) is 8.48.